The van der Waals surface area contributed by atoms with E-state index in [2.05, 4.69) is 29.0 Å². The average molecular weight is 397 g/mol. The molecule has 1 heterocycles. The third-order valence-electron chi connectivity index (χ3n) is 5.62. The summed E-state index contributed by atoms with van der Waals surface area (Å²) in [4.78, 5) is 30.6. The number of nitrogens with zero attached hydrogens (tertiary/aromatic N) is 1. The van der Waals surface area contributed by atoms with Gasteiger partial charge in [-0.15, -0.1) is 0 Å². The van der Waals surface area contributed by atoms with Crippen molar-refractivity contribution >= 4 is 23.3 Å². The molecule has 0 radical (unpaired) electrons. The largest absolute Gasteiger partial charge is 0.358 e. The Kier molecular flexibility index (Phi) is 6.33. The number of carbonyl (C=O) groups is 2. The van der Waals surface area contributed by atoms with Gasteiger partial charge in [-0.1, -0.05) is 26.0 Å². The number of H-pyrrole nitrogens is 1. The molecule has 2 aromatic rings. The first-order valence-corrected chi connectivity index (χ1v) is 10.1. The van der Waals surface area contributed by atoms with Gasteiger partial charge in [0.05, 0.1) is 5.56 Å². The predicted octanol–water partition coefficient (Wildman–Crippen LogP) is 3.51. The number of ketones is 1. The number of hydrogen-bond donors (Lipinski definition) is 2. The normalized spacial score (nSPS) is 14.7. The third kappa shape index (κ3) is 4.17. The lowest BCUT2D eigenvalue weighted by Crippen LogP contribution is -2.35. The maximum Gasteiger partial charge on any atom is 0.253 e. The molecule has 154 valence electrons. The van der Waals surface area contributed by atoms with Crippen molar-refractivity contribution in [2.45, 2.75) is 34.1 Å². The van der Waals surface area contributed by atoms with E-state index in [9.17, 15) is 14.0 Å². The molecule has 1 aliphatic rings. The summed E-state index contributed by atoms with van der Waals surface area (Å²) >= 11 is 0. The van der Waals surface area contributed by atoms with Crippen LogP contribution in [0.1, 0.15) is 52.3 Å². The molecule has 0 spiro atoms. The standard InChI is InChI=1S/C23H28FN3O2/c1-5-27(6-2)11-10-25-23(29)21-14(3)19(26-15(21)4)13-17-20(28)12-16-8-7-9-18(24)22(16)17/h7-9,13,26H,5-6,10-12H2,1-4H3,(H,25,29). The summed E-state index contributed by atoms with van der Waals surface area (Å²) in [7, 11) is 0. The molecular weight excluding hydrogens is 369 g/mol. The number of aromatic nitrogens is 1. The average Bonchev–Trinajstić information content (AvgIpc) is 3.15. The van der Waals surface area contributed by atoms with Gasteiger partial charge in [-0.05, 0) is 50.2 Å². The van der Waals surface area contributed by atoms with Crippen LogP contribution in [0, 0.1) is 19.7 Å². The quantitative estimate of drug-likeness (QED) is 0.703. The molecule has 0 atom stereocenters. The number of likely N-dealkylation sites (N-methyl/N-ethyl adjacent to an activating group) is 1. The Bertz CT molecular complexity index is 971. The number of aromatic amines is 1. The van der Waals surface area contributed by atoms with Crippen molar-refractivity contribution in [1.29, 1.82) is 0 Å². The summed E-state index contributed by atoms with van der Waals surface area (Å²) in [6.07, 6.45) is 1.88. The van der Waals surface area contributed by atoms with E-state index in [1.165, 1.54) is 6.07 Å². The Balaban J connectivity index is 1.85. The fourth-order valence-corrected chi connectivity index (χ4v) is 3.94. The molecule has 0 saturated carbocycles. The predicted molar refractivity (Wildman–Crippen MR) is 113 cm³/mol. The number of Topliss-reactive ketones (excluding diaryl/α,β-unsaturated/α-hetero) is 1. The van der Waals surface area contributed by atoms with Crippen LogP contribution in [0.5, 0.6) is 0 Å². The summed E-state index contributed by atoms with van der Waals surface area (Å²) in [6, 6.07) is 4.76. The molecule has 0 fully saturated rings. The van der Waals surface area contributed by atoms with Gasteiger partial charge >= 0.3 is 0 Å². The fourth-order valence-electron chi connectivity index (χ4n) is 3.94. The summed E-state index contributed by atoms with van der Waals surface area (Å²) < 4.78 is 14.3. The summed E-state index contributed by atoms with van der Waals surface area (Å²) in [5.74, 6) is -0.644. The summed E-state index contributed by atoms with van der Waals surface area (Å²) in [5.41, 5.74) is 4.16. The lowest BCUT2D eigenvalue weighted by atomic mass is 10.0. The van der Waals surface area contributed by atoms with Crippen LogP contribution < -0.4 is 5.32 Å². The zero-order valence-corrected chi connectivity index (χ0v) is 17.5. The summed E-state index contributed by atoms with van der Waals surface area (Å²) in [5, 5.41) is 2.97. The van der Waals surface area contributed by atoms with Crippen molar-refractivity contribution in [3.05, 3.63) is 57.7 Å². The highest BCUT2D eigenvalue weighted by atomic mass is 19.1. The van der Waals surface area contributed by atoms with Gasteiger partial charge in [-0.3, -0.25) is 9.59 Å². The monoisotopic (exact) mass is 397 g/mol. The van der Waals surface area contributed by atoms with Gasteiger partial charge in [0, 0.05) is 42.0 Å². The minimum Gasteiger partial charge on any atom is -0.358 e. The molecule has 0 unspecified atom stereocenters. The number of allylic oxidation sites excluding steroid dienone is 1. The lowest BCUT2D eigenvalue weighted by Gasteiger charge is -2.18. The second-order valence-corrected chi connectivity index (χ2v) is 7.38. The molecule has 0 saturated heterocycles. The second kappa shape index (κ2) is 8.74. The lowest BCUT2D eigenvalue weighted by molar-refractivity contribution is -0.112. The molecule has 6 heteroatoms. The Morgan fingerprint density at radius 2 is 2.00 bits per heavy atom. The molecule has 1 aromatic carbocycles. The van der Waals surface area contributed by atoms with Crippen LogP contribution >= 0.6 is 0 Å². The highest BCUT2D eigenvalue weighted by Gasteiger charge is 2.28. The molecular formula is C23H28FN3O2. The van der Waals surface area contributed by atoms with E-state index in [4.69, 9.17) is 0 Å². The van der Waals surface area contributed by atoms with Crippen LogP contribution in [0.4, 0.5) is 4.39 Å². The van der Waals surface area contributed by atoms with Crippen molar-refractivity contribution in [3.63, 3.8) is 0 Å². The van der Waals surface area contributed by atoms with Gasteiger partial charge in [0.2, 0.25) is 0 Å². The van der Waals surface area contributed by atoms with E-state index in [1.54, 1.807) is 18.2 Å². The number of nitrogens with one attached hydrogen (secondary N) is 2. The zero-order chi connectivity index (χ0) is 21.1. The van der Waals surface area contributed by atoms with Gasteiger partial charge in [0.15, 0.2) is 5.78 Å². The van der Waals surface area contributed by atoms with Gasteiger partial charge in [0.1, 0.15) is 5.82 Å². The van der Waals surface area contributed by atoms with Crippen LogP contribution in [0.25, 0.3) is 11.6 Å². The van der Waals surface area contributed by atoms with Gasteiger partial charge in [-0.2, -0.15) is 0 Å². The Labute approximate surface area is 171 Å². The molecule has 5 nitrogen and oxygen atoms in total. The zero-order valence-electron chi connectivity index (χ0n) is 17.5. The molecule has 0 bridgehead atoms. The summed E-state index contributed by atoms with van der Waals surface area (Å²) in [6.45, 7) is 11.1. The maximum absolute atomic E-state index is 14.3. The number of carbonyl (C=O) groups excluding carboxylic acids is 2. The van der Waals surface area contributed by atoms with Crippen LogP contribution in [0.3, 0.4) is 0 Å². The number of benzene rings is 1. The first-order chi connectivity index (χ1) is 13.9. The number of rotatable bonds is 7. The van der Waals surface area contributed by atoms with Crippen molar-refractivity contribution in [2.24, 2.45) is 0 Å². The molecule has 1 aliphatic carbocycles. The van der Waals surface area contributed by atoms with Gasteiger partial charge < -0.3 is 15.2 Å². The number of halogens is 1. The molecule has 3 rings (SSSR count). The Hall–Kier alpha value is -2.73. The molecule has 1 aromatic heterocycles. The van der Waals surface area contributed by atoms with Crippen molar-refractivity contribution in [2.75, 3.05) is 26.2 Å². The minimum absolute atomic E-state index is 0.109. The highest BCUT2D eigenvalue weighted by Crippen LogP contribution is 2.34. The third-order valence-corrected chi connectivity index (χ3v) is 5.62. The second-order valence-electron chi connectivity index (χ2n) is 7.38. The van der Waals surface area contributed by atoms with E-state index in [0.29, 0.717) is 34.5 Å². The smallest absolute Gasteiger partial charge is 0.253 e. The fraction of sp³-hybridized carbons (Fsp3) is 0.391. The van der Waals surface area contributed by atoms with E-state index < -0.39 is 5.82 Å². The molecule has 1 amide bonds. The van der Waals surface area contributed by atoms with Crippen LogP contribution in [-0.4, -0.2) is 47.8 Å². The number of fused-ring (bicyclic) bond motifs is 1. The van der Waals surface area contributed by atoms with Crippen LogP contribution in [-0.2, 0) is 11.2 Å². The van der Waals surface area contributed by atoms with Crippen molar-refractivity contribution in [1.82, 2.24) is 15.2 Å². The van der Waals surface area contributed by atoms with Crippen molar-refractivity contribution < 1.29 is 14.0 Å². The highest BCUT2D eigenvalue weighted by molar-refractivity contribution is 6.29. The van der Waals surface area contributed by atoms with Crippen molar-refractivity contribution in [3.8, 4) is 0 Å². The Morgan fingerprint density at radius 1 is 1.28 bits per heavy atom. The van der Waals surface area contributed by atoms with E-state index in [0.717, 1.165) is 30.9 Å². The van der Waals surface area contributed by atoms with Gasteiger partial charge in [0.25, 0.3) is 5.91 Å². The van der Waals surface area contributed by atoms with E-state index in [1.807, 2.05) is 13.8 Å². The minimum atomic E-state index is -0.394. The molecule has 2 N–H and O–H groups in total. The van der Waals surface area contributed by atoms with E-state index in [-0.39, 0.29) is 18.1 Å². The molecule has 29 heavy (non-hydrogen) atoms. The first kappa shape index (κ1) is 21.0. The van der Waals surface area contributed by atoms with E-state index >= 15 is 0 Å². The number of hydrogen-bond acceptors (Lipinski definition) is 3. The van der Waals surface area contributed by atoms with Crippen LogP contribution in [0.2, 0.25) is 0 Å². The molecule has 0 aliphatic heterocycles. The topological polar surface area (TPSA) is 65.2 Å². The number of amides is 1. The maximum atomic E-state index is 14.3. The number of aryl methyl sites for hydroxylation is 1. The first-order valence-electron chi connectivity index (χ1n) is 10.1. The SMILES string of the molecule is CCN(CC)CCNC(=O)c1c(C)[nH]c(C=C2C(=O)Cc3cccc(F)c32)c1C. The van der Waals surface area contributed by atoms with Gasteiger partial charge in [-0.25, -0.2) is 4.39 Å². The Morgan fingerprint density at radius 3 is 2.69 bits per heavy atom. The van der Waals surface area contributed by atoms with Crippen LogP contribution in [0.15, 0.2) is 18.2 Å².